The topological polar surface area (TPSA) is 82.4 Å². The van der Waals surface area contributed by atoms with Crippen LogP contribution < -0.4 is 20.2 Å². The molecule has 27 heavy (non-hydrogen) atoms. The third-order valence-corrected chi connectivity index (χ3v) is 3.80. The number of aromatic nitrogens is 2. The molecule has 0 fully saturated rings. The lowest BCUT2D eigenvalue weighted by atomic mass is 10.2. The highest BCUT2D eigenvalue weighted by molar-refractivity contribution is 6.03. The lowest BCUT2D eigenvalue weighted by molar-refractivity contribution is 0.101. The number of nitrogens with one attached hydrogen (secondary N) is 1. The molecule has 0 saturated heterocycles. The summed E-state index contributed by atoms with van der Waals surface area (Å²) < 4.78 is 12.1. The van der Waals surface area contributed by atoms with E-state index in [0.29, 0.717) is 29.5 Å². The highest BCUT2D eigenvalue weighted by Crippen LogP contribution is 2.24. The van der Waals surface area contributed by atoms with Gasteiger partial charge in [-0.25, -0.2) is 4.68 Å². The quantitative estimate of drug-likeness (QED) is 0.726. The van der Waals surface area contributed by atoms with Crippen molar-refractivity contribution in [1.82, 2.24) is 9.78 Å². The van der Waals surface area contributed by atoms with E-state index in [9.17, 15) is 9.59 Å². The molecular weight excluding hydrogens is 346 g/mol. The largest absolute Gasteiger partial charge is 0.497 e. The Morgan fingerprint density at radius 3 is 2.56 bits per heavy atom. The maximum atomic E-state index is 12.6. The van der Waals surface area contributed by atoms with E-state index in [2.05, 4.69) is 10.4 Å². The van der Waals surface area contributed by atoms with Crippen LogP contribution >= 0.6 is 0 Å². The van der Waals surface area contributed by atoms with Gasteiger partial charge >= 0.3 is 0 Å². The van der Waals surface area contributed by atoms with Crippen molar-refractivity contribution >= 4 is 11.6 Å². The van der Waals surface area contributed by atoms with E-state index in [-0.39, 0.29) is 5.69 Å². The lowest BCUT2D eigenvalue weighted by Crippen LogP contribution is -2.25. The zero-order chi connectivity index (χ0) is 19.2. The number of amides is 1. The number of anilines is 1. The zero-order valence-corrected chi connectivity index (χ0v) is 15.0. The number of carbonyl (C=O) groups excluding carboxylic acids is 1. The van der Waals surface area contributed by atoms with Crippen molar-refractivity contribution in [3.8, 4) is 17.2 Å². The van der Waals surface area contributed by atoms with Gasteiger partial charge in [-0.05, 0) is 43.3 Å². The van der Waals surface area contributed by atoms with E-state index in [1.807, 2.05) is 6.92 Å². The molecule has 1 aromatic heterocycles. The zero-order valence-electron chi connectivity index (χ0n) is 15.0. The highest BCUT2D eigenvalue weighted by Gasteiger charge is 2.15. The molecule has 0 saturated carbocycles. The molecule has 0 radical (unpaired) electrons. The summed E-state index contributed by atoms with van der Waals surface area (Å²) in [4.78, 5) is 24.8. The van der Waals surface area contributed by atoms with Gasteiger partial charge in [0.25, 0.3) is 5.91 Å². The monoisotopic (exact) mass is 365 g/mol. The second-order valence-corrected chi connectivity index (χ2v) is 5.55. The summed E-state index contributed by atoms with van der Waals surface area (Å²) in [6.45, 7) is 2.31. The molecule has 138 valence electrons. The van der Waals surface area contributed by atoms with Crippen LogP contribution in [0.3, 0.4) is 0 Å². The first-order chi connectivity index (χ1) is 13.1. The molecule has 0 aliphatic heterocycles. The summed E-state index contributed by atoms with van der Waals surface area (Å²) in [6.07, 6.45) is 1.51. The fraction of sp³-hybridized carbons (Fsp3) is 0.150. The molecule has 7 nitrogen and oxygen atoms in total. The van der Waals surface area contributed by atoms with Crippen LogP contribution in [-0.4, -0.2) is 29.4 Å². The molecule has 0 unspecified atom stereocenters. The molecule has 0 aliphatic carbocycles. The Labute approximate surface area is 156 Å². The fourth-order valence-electron chi connectivity index (χ4n) is 2.48. The number of hydrogen-bond acceptors (Lipinski definition) is 5. The van der Waals surface area contributed by atoms with E-state index in [1.54, 1.807) is 55.6 Å². The molecule has 3 rings (SSSR count). The first kappa shape index (κ1) is 18.2. The van der Waals surface area contributed by atoms with Gasteiger partial charge in [-0.15, -0.1) is 0 Å². The molecule has 1 amide bonds. The summed E-state index contributed by atoms with van der Waals surface area (Å²) in [6, 6.07) is 15.4. The van der Waals surface area contributed by atoms with Gasteiger partial charge < -0.3 is 14.8 Å². The number of hydrogen-bond donors (Lipinski definition) is 1. The first-order valence-electron chi connectivity index (χ1n) is 8.40. The Balaban J connectivity index is 1.90. The van der Waals surface area contributed by atoms with Gasteiger partial charge in [0.1, 0.15) is 11.5 Å². The van der Waals surface area contributed by atoms with Crippen molar-refractivity contribution in [2.45, 2.75) is 6.92 Å². The van der Waals surface area contributed by atoms with Gasteiger partial charge in [0.05, 0.1) is 25.1 Å². The third kappa shape index (κ3) is 4.14. The van der Waals surface area contributed by atoms with Crippen LogP contribution in [0, 0.1) is 0 Å². The van der Waals surface area contributed by atoms with Crippen molar-refractivity contribution in [2.75, 3.05) is 19.0 Å². The summed E-state index contributed by atoms with van der Waals surface area (Å²) in [7, 11) is 1.58. The van der Waals surface area contributed by atoms with Gasteiger partial charge in [0.15, 0.2) is 5.69 Å². The van der Waals surface area contributed by atoms with Crippen LogP contribution in [0.15, 0.2) is 65.6 Å². The van der Waals surface area contributed by atoms with Crippen LogP contribution in [0.5, 0.6) is 11.5 Å². The normalized spacial score (nSPS) is 10.3. The van der Waals surface area contributed by atoms with E-state index >= 15 is 0 Å². The van der Waals surface area contributed by atoms with Crippen molar-refractivity contribution in [2.24, 2.45) is 0 Å². The molecule has 7 heteroatoms. The fourth-order valence-corrected chi connectivity index (χ4v) is 2.48. The maximum absolute atomic E-state index is 12.6. The summed E-state index contributed by atoms with van der Waals surface area (Å²) in [5, 5.41) is 6.87. The number of nitrogens with zero attached hydrogens (tertiary/aromatic N) is 2. The first-order valence-corrected chi connectivity index (χ1v) is 8.40. The Bertz CT molecular complexity index is 997. The Kier molecular flexibility index (Phi) is 5.51. The number of carbonyl (C=O) groups is 1. The molecule has 0 bridgehead atoms. The van der Waals surface area contributed by atoms with E-state index in [0.717, 1.165) is 0 Å². The summed E-state index contributed by atoms with van der Waals surface area (Å²) in [5.74, 6) is 0.625. The minimum absolute atomic E-state index is 0.209. The van der Waals surface area contributed by atoms with Gasteiger partial charge in [0, 0.05) is 12.3 Å². The van der Waals surface area contributed by atoms with Gasteiger partial charge in [0.2, 0.25) is 5.43 Å². The molecule has 3 aromatic rings. The molecule has 1 N–H and O–H groups in total. The average molecular weight is 365 g/mol. The number of rotatable bonds is 6. The SMILES string of the molecule is CCOc1ccccc1NC(=O)c1nn(-c2ccc(OC)cc2)ccc1=O. The minimum Gasteiger partial charge on any atom is -0.497 e. The van der Waals surface area contributed by atoms with Crippen LogP contribution in [0.4, 0.5) is 5.69 Å². The lowest BCUT2D eigenvalue weighted by Gasteiger charge is -2.11. The Morgan fingerprint density at radius 1 is 1.11 bits per heavy atom. The predicted molar refractivity (Wildman–Crippen MR) is 102 cm³/mol. The van der Waals surface area contributed by atoms with Crippen molar-refractivity contribution in [3.63, 3.8) is 0 Å². The summed E-state index contributed by atoms with van der Waals surface area (Å²) in [5.41, 5.74) is 0.496. The van der Waals surface area contributed by atoms with Crippen molar-refractivity contribution in [3.05, 3.63) is 76.7 Å². The second kappa shape index (κ2) is 8.18. The maximum Gasteiger partial charge on any atom is 0.280 e. The molecule has 0 aliphatic rings. The second-order valence-electron chi connectivity index (χ2n) is 5.55. The molecule has 2 aromatic carbocycles. The highest BCUT2D eigenvalue weighted by atomic mass is 16.5. The standard InChI is InChI=1S/C20H19N3O4/c1-3-27-18-7-5-4-6-16(18)21-20(25)19-17(24)12-13-23(22-19)14-8-10-15(26-2)11-9-14/h4-13H,3H2,1-2H3,(H,21,25). The molecule has 0 atom stereocenters. The predicted octanol–water partition coefficient (Wildman–Crippen LogP) is 2.89. The third-order valence-electron chi connectivity index (χ3n) is 3.80. The van der Waals surface area contributed by atoms with E-state index in [1.165, 1.54) is 16.9 Å². The Hall–Kier alpha value is -3.61. The van der Waals surface area contributed by atoms with Gasteiger partial charge in [-0.3, -0.25) is 9.59 Å². The summed E-state index contributed by atoms with van der Waals surface area (Å²) >= 11 is 0. The van der Waals surface area contributed by atoms with E-state index < -0.39 is 11.3 Å². The Morgan fingerprint density at radius 2 is 1.85 bits per heavy atom. The smallest absolute Gasteiger partial charge is 0.280 e. The number of methoxy groups -OCH3 is 1. The van der Waals surface area contributed by atoms with Crippen molar-refractivity contribution < 1.29 is 14.3 Å². The average Bonchev–Trinajstić information content (AvgIpc) is 2.70. The van der Waals surface area contributed by atoms with Crippen LogP contribution in [0.2, 0.25) is 0 Å². The van der Waals surface area contributed by atoms with Crippen LogP contribution in [0.25, 0.3) is 5.69 Å². The van der Waals surface area contributed by atoms with Gasteiger partial charge in [-0.1, -0.05) is 12.1 Å². The minimum atomic E-state index is -0.602. The number of para-hydroxylation sites is 2. The van der Waals surface area contributed by atoms with Crippen LogP contribution in [0.1, 0.15) is 17.4 Å². The molecular formula is C20H19N3O4. The number of benzene rings is 2. The van der Waals surface area contributed by atoms with E-state index in [4.69, 9.17) is 9.47 Å². The number of ether oxygens (including phenoxy) is 2. The van der Waals surface area contributed by atoms with Crippen molar-refractivity contribution in [1.29, 1.82) is 0 Å². The van der Waals surface area contributed by atoms with Gasteiger partial charge in [-0.2, -0.15) is 5.10 Å². The molecule has 0 spiro atoms. The molecule has 1 heterocycles. The van der Waals surface area contributed by atoms with Crippen LogP contribution in [-0.2, 0) is 0 Å².